The lowest BCUT2D eigenvalue weighted by Crippen LogP contribution is -2.27. The van der Waals surface area contributed by atoms with Crippen molar-refractivity contribution in [2.45, 2.75) is 19.8 Å². The Morgan fingerprint density at radius 2 is 1.83 bits per heavy atom. The lowest BCUT2D eigenvalue weighted by Gasteiger charge is -2.13. The Kier molecular flexibility index (Phi) is 3.53. The standard InChI is InChI=1S/C8H17NO2S/c1-2-12(10,11)8-7-9-5-3-4-6-9/h2-8H2,1H3. The van der Waals surface area contributed by atoms with Crippen LogP contribution in [0.4, 0.5) is 0 Å². The van der Waals surface area contributed by atoms with Crippen LogP contribution in [0.3, 0.4) is 0 Å². The van der Waals surface area contributed by atoms with Crippen LogP contribution in [0.15, 0.2) is 0 Å². The molecule has 1 saturated heterocycles. The first-order valence-corrected chi connectivity index (χ1v) is 6.39. The van der Waals surface area contributed by atoms with Gasteiger partial charge in [-0.1, -0.05) is 6.92 Å². The van der Waals surface area contributed by atoms with Crippen LogP contribution in [0.5, 0.6) is 0 Å². The molecule has 0 N–H and O–H groups in total. The molecular weight excluding hydrogens is 174 g/mol. The van der Waals surface area contributed by atoms with Crippen LogP contribution < -0.4 is 0 Å². The topological polar surface area (TPSA) is 37.4 Å². The second kappa shape index (κ2) is 4.23. The summed E-state index contributed by atoms with van der Waals surface area (Å²) in [5.41, 5.74) is 0. The van der Waals surface area contributed by atoms with Crippen LogP contribution in [-0.2, 0) is 9.84 Å². The van der Waals surface area contributed by atoms with Gasteiger partial charge < -0.3 is 4.90 Å². The van der Waals surface area contributed by atoms with E-state index in [1.54, 1.807) is 6.92 Å². The van der Waals surface area contributed by atoms with Crippen molar-refractivity contribution in [1.82, 2.24) is 4.90 Å². The van der Waals surface area contributed by atoms with Gasteiger partial charge in [0.1, 0.15) is 0 Å². The Bertz CT molecular complexity index is 217. The second-order valence-electron chi connectivity index (χ2n) is 3.29. The van der Waals surface area contributed by atoms with Gasteiger partial charge in [-0.2, -0.15) is 0 Å². The largest absolute Gasteiger partial charge is 0.302 e. The lowest BCUT2D eigenvalue weighted by molar-refractivity contribution is 0.359. The first-order valence-electron chi connectivity index (χ1n) is 4.57. The maximum atomic E-state index is 11.1. The van der Waals surface area contributed by atoms with Gasteiger partial charge in [-0.3, -0.25) is 0 Å². The Balaban J connectivity index is 2.25. The van der Waals surface area contributed by atoms with E-state index in [0.29, 0.717) is 5.75 Å². The molecule has 0 aliphatic carbocycles. The average Bonchev–Trinajstić information content (AvgIpc) is 2.53. The molecule has 1 heterocycles. The first kappa shape index (κ1) is 9.99. The number of likely N-dealkylation sites (tertiary alicyclic amines) is 1. The van der Waals surface area contributed by atoms with E-state index in [9.17, 15) is 8.42 Å². The first-order chi connectivity index (χ1) is 5.64. The van der Waals surface area contributed by atoms with E-state index in [0.717, 1.165) is 19.6 Å². The number of hydrogen-bond donors (Lipinski definition) is 0. The molecule has 0 radical (unpaired) electrons. The molecule has 0 atom stereocenters. The zero-order valence-corrected chi connectivity index (χ0v) is 8.44. The molecule has 72 valence electrons. The number of hydrogen-bond acceptors (Lipinski definition) is 3. The monoisotopic (exact) mass is 191 g/mol. The summed E-state index contributed by atoms with van der Waals surface area (Å²) in [5.74, 6) is 0.615. The van der Waals surface area contributed by atoms with Crippen molar-refractivity contribution in [3.8, 4) is 0 Å². The van der Waals surface area contributed by atoms with Crippen molar-refractivity contribution in [1.29, 1.82) is 0 Å². The Labute approximate surface area is 74.7 Å². The number of sulfone groups is 1. The highest BCUT2D eigenvalue weighted by Crippen LogP contribution is 2.06. The fourth-order valence-electron chi connectivity index (χ4n) is 1.42. The summed E-state index contributed by atoms with van der Waals surface area (Å²) >= 11 is 0. The second-order valence-corrected chi connectivity index (χ2v) is 5.76. The lowest BCUT2D eigenvalue weighted by atomic mass is 10.4. The third-order valence-corrected chi connectivity index (χ3v) is 4.04. The molecule has 1 fully saturated rings. The van der Waals surface area contributed by atoms with Crippen molar-refractivity contribution >= 4 is 9.84 Å². The van der Waals surface area contributed by atoms with Gasteiger partial charge >= 0.3 is 0 Å². The van der Waals surface area contributed by atoms with Gasteiger partial charge in [0.15, 0.2) is 9.84 Å². The predicted octanol–water partition coefficient (Wildman–Crippen LogP) is 0.517. The van der Waals surface area contributed by atoms with Gasteiger partial charge in [0.2, 0.25) is 0 Å². The molecule has 0 amide bonds. The quantitative estimate of drug-likeness (QED) is 0.650. The van der Waals surface area contributed by atoms with E-state index in [4.69, 9.17) is 0 Å². The van der Waals surface area contributed by atoms with E-state index >= 15 is 0 Å². The summed E-state index contributed by atoms with van der Waals surface area (Å²) in [6.07, 6.45) is 2.46. The van der Waals surface area contributed by atoms with Gasteiger partial charge in [-0.05, 0) is 25.9 Å². The molecule has 0 aromatic heterocycles. The minimum Gasteiger partial charge on any atom is -0.302 e. The molecule has 1 aliphatic rings. The van der Waals surface area contributed by atoms with Crippen molar-refractivity contribution in [3.63, 3.8) is 0 Å². The SMILES string of the molecule is CCS(=O)(=O)CCN1CCCC1. The summed E-state index contributed by atoms with van der Waals surface area (Å²) < 4.78 is 22.3. The highest BCUT2D eigenvalue weighted by molar-refractivity contribution is 7.91. The molecule has 3 nitrogen and oxygen atoms in total. The van der Waals surface area contributed by atoms with Gasteiger partial charge in [-0.15, -0.1) is 0 Å². The molecule has 0 spiro atoms. The maximum Gasteiger partial charge on any atom is 0.151 e. The third-order valence-electron chi connectivity index (χ3n) is 2.36. The van der Waals surface area contributed by atoms with Crippen molar-refractivity contribution in [2.24, 2.45) is 0 Å². The summed E-state index contributed by atoms with van der Waals surface area (Å²) in [4.78, 5) is 2.23. The summed E-state index contributed by atoms with van der Waals surface area (Å²) in [6.45, 7) is 4.61. The minimum atomic E-state index is -2.75. The molecule has 4 heteroatoms. The molecule has 0 saturated carbocycles. The number of nitrogens with zero attached hydrogens (tertiary/aromatic N) is 1. The van der Waals surface area contributed by atoms with Gasteiger partial charge in [0.05, 0.1) is 5.75 Å². The maximum absolute atomic E-state index is 11.1. The summed E-state index contributed by atoms with van der Waals surface area (Å²) in [6, 6.07) is 0. The van der Waals surface area contributed by atoms with Gasteiger partial charge in [0.25, 0.3) is 0 Å². The minimum absolute atomic E-state index is 0.279. The fraction of sp³-hybridized carbons (Fsp3) is 1.00. The fourth-order valence-corrected chi connectivity index (χ4v) is 2.24. The van der Waals surface area contributed by atoms with Crippen molar-refractivity contribution in [2.75, 3.05) is 31.1 Å². The van der Waals surface area contributed by atoms with Crippen molar-refractivity contribution in [3.05, 3.63) is 0 Å². The zero-order valence-electron chi connectivity index (χ0n) is 7.62. The van der Waals surface area contributed by atoms with Crippen LogP contribution in [0.25, 0.3) is 0 Å². The van der Waals surface area contributed by atoms with E-state index in [2.05, 4.69) is 4.90 Å². The van der Waals surface area contributed by atoms with Crippen molar-refractivity contribution < 1.29 is 8.42 Å². The van der Waals surface area contributed by atoms with Crippen LogP contribution in [-0.4, -0.2) is 44.5 Å². The van der Waals surface area contributed by atoms with E-state index in [-0.39, 0.29) is 5.75 Å². The van der Waals surface area contributed by atoms with Crippen LogP contribution >= 0.6 is 0 Å². The normalized spacial score (nSPS) is 20.1. The molecule has 0 bridgehead atoms. The van der Waals surface area contributed by atoms with E-state index in [1.807, 2.05) is 0 Å². The highest BCUT2D eigenvalue weighted by Gasteiger charge is 2.14. The Morgan fingerprint density at radius 3 is 2.33 bits per heavy atom. The zero-order chi connectivity index (χ0) is 9.03. The van der Waals surface area contributed by atoms with E-state index < -0.39 is 9.84 Å². The third kappa shape index (κ3) is 3.11. The molecule has 1 rings (SSSR count). The van der Waals surface area contributed by atoms with Crippen LogP contribution in [0.1, 0.15) is 19.8 Å². The molecule has 12 heavy (non-hydrogen) atoms. The number of rotatable bonds is 4. The highest BCUT2D eigenvalue weighted by atomic mass is 32.2. The smallest absolute Gasteiger partial charge is 0.151 e. The molecule has 1 aliphatic heterocycles. The Morgan fingerprint density at radius 1 is 1.25 bits per heavy atom. The van der Waals surface area contributed by atoms with Gasteiger partial charge in [0, 0.05) is 12.3 Å². The molecule has 0 aromatic rings. The predicted molar refractivity (Wildman–Crippen MR) is 50.0 cm³/mol. The summed E-state index contributed by atoms with van der Waals surface area (Å²) in [5, 5.41) is 0. The Hall–Kier alpha value is -0.0900. The van der Waals surface area contributed by atoms with Crippen LogP contribution in [0, 0.1) is 0 Å². The van der Waals surface area contributed by atoms with Crippen LogP contribution in [0.2, 0.25) is 0 Å². The van der Waals surface area contributed by atoms with E-state index in [1.165, 1.54) is 12.8 Å². The van der Waals surface area contributed by atoms with Gasteiger partial charge in [-0.25, -0.2) is 8.42 Å². The molecular formula is C8H17NO2S. The summed E-state index contributed by atoms with van der Waals surface area (Å²) in [7, 11) is -2.75. The average molecular weight is 191 g/mol. The molecule has 0 aromatic carbocycles. The molecule has 0 unspecified atom stereocenters.